The van der Waals surface area contributed by atoms with Gasteiger partial charge in [0.2, 0.25) is 5.69 Å². The maximum atomic E-state index is 12.5. The summed E-state index contributed by atoms with van der Waals surface area (Å²) in [6.07, 6.45) is 0. The largest absolute Gasteiger partial charge is 0.519 e. The predicted octanol–water partition coefficient (Wildman–Crippen LogP) is 2.44. The molecule has 0 spiro atoms. The van der Waals surface area contributed by atoms with E-state index in [2.05, 4.69) is 20.0 Å². The van der Waals surface area contributed by atoms with Crippen molar-refractivity contribution in [3.8, 4) is 16.3 Å². The van der Waals surface area contributed by atoms with Crippen molar-refractivity contribution in [2.24, 2.45) is 0 Å². The number of benzene rings is 1. The number of amides is 1. The van der Waals surface area contributed by atoms with Crippen LogP contribution in [0.1, 0.15) is 15.4 Å². The van der Waals surface area contributed by atoms with Crippen molar-refractivity contribution in [1.82, 2.24) is 15.2 Å². The number of thiazole rings is 1. The zero-order chi connectivity index (χ0) is 18.5. The van der Waals surface area contributed by atoms with Gasteiger partial charge in [0.05, 0.1) is 25.5 Å². The SMILES string of the molecule is [C-]#[N+]c1cc(-c2nc(C)c(C(=O)NCCN3CCOCC3)s2)ccc1O. The van der Waals surface area contributed by atoms with Crippen LogP contribution in [-0.4, -0.2) is 60.3 Å². The number of phenolic OH excluding ortho intramolecular Hbond substituents is 1. The fourth-order valence-corrected chi connectivity index (χ4v) is 3.69. The summed E-state index contributed by atoms with van der Waals surface area (Å²) >= 11 is 1.29. The van der Waals surface area contributed by atoms with Crippen LogP contribution in [0.2, 0.25) is 0 Å². The molecule has 136 valence electrons. The minimum absolute atomic E-state index is 0.0573. The Morgan fingerprint density at radius 1 is 1.46 bits per heavy atom. The standard InChI is InChI=1S/C18H20N4O3S/c1-12-16(17(24)20-5-6-22-7-9-25-10-8-22)26-18(21-12)13-3-4-15(23)14(11-13)19-2/h3-4,11,23H,5-10H2,1H3,(H,20,24). The van der Waals surface area contributed by atoms with E-state index in [1.165, 1.54) is 17.4 Å². The van der Waals surface area contributed by atoms with Crippen LogP contribution >= 0.6 is 11.3 Å². The van der Waals surface area contributed by atoms with Crippen LogP contribution in [0, 0.1) is 13.5 Å². The number of aromatic nitrogens is 1. The van der Waals surface area contributed by atoms with E-state index in [9.17, 15) is 9.90 Å². The van der Waals surface area contributed by atoms with Crippen LogP contribution < -0.4 is 5.32 Å². The predicted molar refractivity (Wildman–Crippen MR) is 99.8 cm³/mol. The summed E-state index contributed by atoms with van der Waals surface area (Å²) in [5.74, 6) is -0.193. The van der Waals surface area contributed by atoms with Crippen molar-refractivity contribution in [3.05, 3.63) is 40.2 Å². The molecule has 2 N–H and O–H groups in total. The highest BCUT2D eigenvalue weighted by Gasteiger charge is 2.17. The topological polar surface area (TPSA) is 79.1 Å². The van der Waals surface area contributed by atoms with Crippen LogP contribution in [0.5, 0.6) is 5.75 Å². The van der Waals surface area contributed by atoms with Crippen LogP contribution in [0.15, 0.2) is 18.2 Å². The average Bonchev–Trinajstić information content (AvgIpc) is 3.05. The number of hydrogen-bond donors (Lipinski definition) is 2. The molecule has 2 aromatic rings. The first kappa shape index (κ1) is 18.3. The van der Waals surface area contributed by atoms with Gasteiger partial charge in [0, 0.05) is 31.7 Å². The second-order valence-corrected chi connectivity index (χ2v) is 6.96. The van der Waals surface area contributed by atoms with Crippen molar-refractivity contribution in [3.63, 3.8) is 0 Å². The lowest BCUT2D eigenvalue weighted by Crippen LogP contribution is -2.41. The first-order chi connectivity index (χ1) is 12.6. The smallest absolute Gasteiger partial charge is 0.263 e. The molecule has 26 heavy (non-hydrogen) atoms. The molecular formula is C18H20N4O3S. The van der Waals surface area contributed by atoms with Crippen LogP contribution in [0.25, 0.3) is 15.4 Å². The Bertz CT molecular complexity index is 837. The molecule has 1 saturated heterocycles. The third-order valence-electron chi connectivity index (χ3n) is 4.16. The highest BCUT2D eigenvalue weighted by molar-refractivity contribution is 7.17. The van der Waals surface area contributed by atoms with Crippen LogP contribution in [-0.2, 0) is 4.74 Å². The van der Waals surface area contributed by atoms with Crippen molar-refractivity contribution < 1.29 is 14.6 Å². The average molecular weight is 372 g/mol. The van der Waals surface area contributed by atoms with E-state index in [-0.39, 0.29) is 17.3 Å². The molecule has 0 aliphatic carbocycles. The second kappa shape index (κ2) is 8.27. The monoisotopic (exact) mass is 372 g/mol. The molecule has 1 aromatic carbocycles. The number of phenols is 1. The van der Waals surface area contributed by atoms with E-state index in [1.54, 1.807) is 19.1 Å². The second-order valence-electron chi connectivity index (χ2n) is 5.96. The third-order valence-corrected chi connectivity index (χ3v) is 5.37. The maximum absolute atomic E-state index is 12.5. The molecule has 2 heterocycles. The van der Waals surface area contributed by atoms with E-state index in [0.717, 1.165) is 32.8 Å². The number of rotatable bonds is 5. The minimum atomic E-state index is -0.135. The fourth-order valence-electron chi connectivity index (χ4n) is 2.71. The summed E-state index contributed by atoms with van der Waals surface area (Å²) in [4.78, 5) is 23.0. The number of nitrogens with zero attached hydrogens (tertiary/aromatic N) is 3. The molecule has 1 aliphatic heterocycles. The Labute approximate surface area is 156 Å². The molecule has 8 heteroatoms. The number of hydrogen-bond acceptors (Lipinski definition) is 6. The normalized spacial score (nSPS) is 14.8. The lowest BCUT2D eigenvalue weighted by Gasteiger charge is -2.26. The number of nitrogens with one attached hydrogen (secondary N) is 1. The van der Waals surface area contributed by atoms with Gasteiger partial charge < -0.3 is 15.2 Å². The molecule has 1 amide bonds. The molecule has 0 unspecified atom stereocenters. The summed E-state index contributed by atoms with van der Waals surface area (Å²) in [7, 11) is 0. The molecule has 0 saturated carbocycles. The molecule has 1 aromatic heterocycles. The molecule has 1 fully saturated rings. The van der Waals surface area contributed by atoms with Crippen molar-refractivity contribution in [2.75, 3.05) is 39.4 Å². The van der Waals surface area contributed by atoms with Gasteiger partial charge in [0.15, 0.2) is 0 Å². The number of aromatic hydroxyl groups is 1. The van der Waals surface area contributed by atoms with E-state index in [1.807, 2.05) is 0 Å². The molecular weight excluding hydrogens is 352 g/mol. The van der Waals surface area contributed by atoms with E-state index < -0.39 is 0 Å². The number of morpholine rings is 1. The molecule has 3 rings (SSSR count). The lowest BCUT2D eigenvalue weighted by atomic mass is 10.2. The Morgan fingerprint density at radius 2 is 2.23 bits per heavy atom. The van der Waals surface area contributed by atoms with E-state index in [4.69, 9.17) is 11.3 Å². The number of carbonyl (C=O) groups excluding carboxylic acids is 1. The minimum Gasteiger partial charge on any atom is -0.519 e. The van der Waals surface area contributed by atoms with Gasteiger partial charge in [0.1, 0.15) is 15.6 Å². The first-order valence-corrected chi connectivity index (χ1v) is 9.16. The summed E-state index contributed by atoms with van der Waals surface area (Å²) in [5, 5.41) is 13.2. The van der Waals surface area contributed by atoms with Gasteiger partial charge in [-0.25, -0.2) is 9.83 Å². The zero-order valence-corrected chi connectivity index (χ0v) is 15.3. The molecule has 0 atom stereocenters. The molecule has 0 bridgehead atoms. The third kappa shape index (κ3) is 4.19. The van der Waals surface area contributed by atoms with Gasteiger partial charge in [-0.3, -0.25) is 9.69 Å². The van der Waals surface area contributed by atoms with Gasteiger partial charge in [0.25, 0.3) is 5.91 Å². The summed E-state index contributed by atoms with van der Waals surface area (Å²) < 4.78 is 5.31. The molecule has 7 nitrogen and oxygen atoms in total. The van der Waals surface area contributed by atoms with Gasteiger partial charge in [-0.1, -0.05) is 6.07 Å². The van der Waals surface area contributed by atoms with Gasteiger partial charge in [-0.15, -0.1) is 11.3 Å². The van der Waals surface area contributed by atoms with Gasteiger partial charge in [-0.05, 0) is 19.1 Å². The Balaban J connectivity index is 1.65. The van der Waals surface area contributed by atoms with Gasteiger partial charge in [-0.2, -0.15) is 0 Å². The Kier molecular flexibility index (Phi) is 5.83. The lowest BCUT2D eigenvalue weighted by molar-refractivity contribution is 0.0383. The van der Waals surface area contributed by atoms with Crippen molar-refractivity contribution >= 4 is 22.9 Å². The number of aryl methyl sites for hydroxylation is 1. The number of carbonyl (C=O) groups is 1. The first-order valence-electron chi connectivity index (χ1n) is 8.35. The number of ether oxygens (including phenoxy) is 1. The quantitative estimate of drug-likeness (QED) is 0.788. The van der Waals surface area contributed by atoms with Gasteiger partial charge >= 0.3 is 0 Å². The van der Waals surface area contributed by atoms with Crippen molar-refractivity contribution in [1.29, 1.82) is 0 Å². The van der Waals surface area contributed by atoms with Crippen LogP contribution in [0.3, 0.4) is 0 Å². The summed E-state index contributed by atoms with van der Waals surface area (Å²) in [6.45, 7) is 13.5. The fraction of sp³-hybridized carbons (Fsp3) is 0.389. The maximum Gasteiger partial charge on any atom is 0.263 e. The summed E-state index contributed by atoms with van der Waals surface area (Å²) in [5.41, 5.74) is 1.55. The Hall–Kier alpha value is -2.47. The van der Waals surface area contributed by atoms with Crippen LogP contribution in [0.4, 0.5) is 5.69 Å². The zero-order valence-electron chi connectivity index (χ0n) is 14.5. The highest BCUT2D eigenvalue weighted by atomic mass is 32.1. The molecule has 1 aliphatic rings. The Morgan fingerprint density at radius 3 is 2.96 bits per heavy atom. The molecule has 0 radical (unpaired) electrons. The van der Waals surface area contributed by atoms with E-state index in [0.29, 0.717) is 27.7 Å². The van der Waals surface area contributed by atoms with Crippen molar-refractivity contribution in [2.45, 2.75) is 6.92 Å². The van der Waals surface area contributed by atoms with E-state index >= 15 is 0 Å². The summed E-state index contributed by atoms with van der Waals surface area (Å²) in [6, 6.07) is 4.75. The highest BCUT2D eigenvalue weighted by Crippen LogP contribution is 2.34.